The van der Waals surface area contributed by atoms with Gasteiger partial charge in [-0.1, -0.05) is 29.8 Å². The second kappa shape index (κ2) is 5.54. The van der Waals surface area contributed by atoms with Gasteiger partial charge in [0.2, 0.25) is 0 Å². The lowest BCUT2D eigenvalue weighted by molar-refractivity contribution is 0.601. The third-order valence-electron chi connectivity index (χ3n) is 2.99. The van der Waals surface area contributed by atoms with Crippen molar-refractivity contribution in [3.63, 3.8) is 0 Å². The number of nitrogens with two attached hydrogens (primary N) is 2. The summed E-state index contributed by atoms with van der Waals surface area (Å²) in [5, 5.41) is -0.186. The van der Waals surface area contributed by atoms with Crippen LogP contribution in [0.4, 0.5) is 25.8 Å². The molecule has 2 rings (SSSR count). The Kier molecular flexibility index (Phi) is 3.99. The third kappa shape index (κ3) is 2.63. The number of anilines is 3. The fourth-order valence-electron chi connectivity index (χ4n) is 2.01. The van der Waals surface area contributed by atoms with E-state index >= 15 is 0 Å². The quantitative estimate of drug-likeness (QED) is 0.854. The van der Waals surface area contributed by atoms with Gasteiger partial charge in [0.25, 0.3) is 0 Å². The van der Waals surface area contributed by atoms with Gasteiger partial charge in [-0.15, -0.1) is 0 Å². The average Bonchev–Trinajstić information content (AvgIpc) is 2.39. The highest BCUT2D eigenvalue weighted by molar-refractivity contribution is 6.33. The minimum atomic E-state index is -0.706. The zero-order valence-electron chi connectivity index (χ0n) is 10.8. The molecule has 0 fully saturated rings. The van der Waals surface area contributed by atoms with Crippen molar-refractivity contribution in [2.75, 3.05) is 23.4 Å². The number of benzene rings is 2. The van der Waals surface area contributed by atoms with Crippen molar-refractivity contribution < 1.29 is 8.78 Å². The number of halogens is 3. The highest BCUT2D eigenvalue weighted by Crippen LogP contribution is 2.36. The summed E-state index contributed by atoms with van der Waals surface area (Å²) in [6.45, 7) is 0.161. The number of nitrogen functional groups attached to an aromatic ring is 2. The molecule has 0 radical (unpaired) electrons. The van der Waals surface area contributed by atoms with E-state index in [9.17, 15) is 8.78 Å². The second-order valence-corrected chi connectivity index (χ2v) is 4.86. The molecule has 3 nitrogen and oxygen atoms in total. The second-order valence-electron chi connectivity index (χ2n) is 4.48. The molecule has 0 bridgehead atoms. The number of nitrogens with zero attached hydrogens (tertiary/aromatic N) is 1. The normalized spacial score (nSPS) is 10.6. The summed E-state index contributed by atoms with van der Waals surface area (Å²) in [6.07, 6.45) is 0. The van der Waals surface area contributed by atoms with Gasteiger partial charge < -0.3 is 16.4 Å². The van der Waals surface area contributed by atoms with Crippen LogP contribution in [0.1, 0.15) is 5.56 Å². The average molecular weight is 298 g/mol. The summed E-state index contributed by atoms with van der Waals surface area (Å²) in [7, 11) is 1.60. The Bertz CT molecular complexity index is 647. The molecule has 0 saturated heterocycles. The van der Waals surface area contributed by atoms with Crippen LogP contribution in [-0.2, 0) is 6.54 Å². The van der Waals surface area contributed by atoms with Gasteiger partial charge in [-0.3, -0.25) is 0 Å². The summed E-state index contributed by atoms with van der Waals surface area (Å²) in [4.78, 5) is 1.49. The molecule has 2 aromatic rings. The van der Waals surface area contributed by atoms with Gasteiger partial charge in [0, 0.05) is 19.2 Å². The van der Waals surface area contributed by atoms with Crippen LogP contribution >= 0.6 is 11.6 Å². The predicted octanol–water partition coefficient (Wildman–Crippen LogP) is 3.42. The first kappa shape index (κ1) is 14.4. The number of hydrogen-bond acceptors (Lipinski definition) is 3. The maximum absolute atomic E-state index is 14.1. The molecule has 0 aliphatic rings. The van der Waals surface area contributed by atoms with Crippen molar-refractivity contribution in [1.29, 1.82) is 0 Å². The Morgan fingerprint density at radius 1 is 1.15 bits per heavy atom. The van der Waals surface area contributed by atoms with Crippen molar-refractivity contribution in [2.45, 2.75) is 6.54 Å². The van der Waals surface area contributed by atoms with Gasteiger partial charge in [-0.2, -0.15) is 0 Å². The third-order valence-corrected chi connectivity index (χ3v) is 3.37. The van der Waals surface area contributed by atoms with Crippen LogP contribution < -0.4 is 16.4 Å². The van der Waals surface area contributed by atoms with E-state index in [-0.39, 0.29) is 34.4 Å². The molecule has 20 heavy (non-hydrogen) atoms. The first-order valence-corrected chi connectivity index (χ1v) is 6.27. The van der Waals surface area contributed by atoms with Gasteiger partial charge in [0.15, 0.2) is 5.82 Å². The molecular weight excluding hydrogens is 284 g/mol. The molecule has 0 amide bonds. The molecule has 2 aromatic carbocycles. The van der Waals surface area contributed by atoms with Crippen molar-refractivity contribution in [3.8, 4) is 0 Å². The summed E-state index contributed by atoms with van der Waals surface area (Å²) in [5.41, 5.74) is 12.1. The maximum atomic E-state index is 14.1. The Hall–Kier alpha value is -2.01. The molecule has 106 valence electrons. The number of rotatable bonds is 3. The highest BCUT2D eigenvalue weighted by Gasteiger charge is 2.18. The van der Waals surface area contributed by atoms with E-state index in [1.807, 2.05) is 0 Å². The van der Waals surface area contributed by atoms with Gasteiger partial charge in [0.05, 0.1) is 17.1 Å². The lowest BCUT2D eigenvalue weighted by atomic mass is 10.1. The summed E-state index contributed by atoms with van der Waals surface area (Å²) < 4.78 is 27.8. The molecule has 0 unspecified atom stereocenters. The fourth-order valence-corrected chi connectivity index (χ4v) is 2.15. The van der Waals surface area contributed by atoms with E-state index in [0.717, 1.165) is 0 Å². The van der Waals surface area contributed by atoms with E-state index in [1.165, 1.54) is 17.0 Å². The fraction of sp³-hybridized carbons (Fsp3) is 0.143. The van der Waals surface area contributed by atoms with Crippen molar-refractivity contribution in [1.82, 2.24) is 0 Å². The lowest BCUT2D eigenvalue weighted by Crippen LogP contribution is -2.20. The Morgan fingerprint density at radius 3 is 2.45 bits per heavy atom. The van der Waals surface area contributed by atoms with Crippen LogP contribution in [0.25, 0.3) is 0 Å². The molecule has 4 N–H and O–H groups in total. The Balaban J connectivity index is 2.37. The van der Waals surface area contributed by atoms with E-state index in [4.69, 9.17) is 23.1 Å². The SMILES string of the molecule is CN(Cc1ccccc1F)c1c(N)cc(N)c(Cl)c1F. The molecule has 0 heterocycles. The molecule has 0 atom stereocenters. The lowest BCUT2D eigenvalue weighted by Gasteiger charge is -2.23. The van der Waals surface area contributed by atoms with Crippen LogP contribution in [0.5, 0.6) is 0 Å². The van der Waals surface area contributed by atoms with Gasteiger partial charge >= 0.3 is 0 Å². The van der Waals surface area contributed by atoms with Crippen LogP contribution in [0.3, 0.4) is 0 Å². The largest absolute Gasteiger partial charge is 0.397 e. The molecular formula is C14H14ClF2N3. The van der Waals surface area contributed by atoms with Crippen LogP contribution in [-0.4, -0.2) is 7.05 Å². The van der Waals surface area contributed by atoms with Gasteiger partial charge in [-0.05, 0) is 12.1 Å². The minimum absolute atomic E-state index is 0.0738. The molecule has 0 aromatic heterocycles. The van der Waals surface area contributed by atoms with Gasteiger partial charge in [0.1, 0.15) is 10.8 Å². The van der Waals surface area contributed by atoms with Crippen LogP contribution in [0.2, 0.25) is 5.02 Å². The van der Waals surface area contributed by atoms with Crippen molar-refractivity contribution in [3.05, 3.63) is 52.6 Å². The first-order valence-electron chi connectivity index (χ1n) is 5.89. The zero-order valence-corrected chi connectivity index (χ0v) is 11.6. The summed E-state index contributed by atoms with van der Waals surface area (Å²) in [6, 6.07) is 7.66. The Labute approximate surface area is 120 Å². The smallest absolute Gasteiger partial charge is 0.169 e. The standard InChI is InChI=1S/C14H14ClF2N3/c1-20(7-8-4-2-3-5-9(8)16)14-11(19)6-10(18)12(15)13(14)17/h2-6H,7,18-19H2,1H3. The van der Waals surface area contributed by atoms with E-state index < -0.39 is 5.82 Å². The molecule has 6 heteroatoms. The summed E-state index contributed by atoms with van der Waals surface area (Å²) in [5.74, 6) is -1.07. The molecule has 0 spiro atoms. The monoisotopic (exact) mass is 297 g/mol. The summed E-state index contributed by atoms with van der Waals surface area (Å²) >= 11 is 5.78. The van der Waals surface area contributed by atoms with Gasteiger partial charge in [-0.25, -0.2) is 8.78 Å². The van der Waals surface area contributed by atoms with E-state index in [2.05, 4.69) is 0 Å². The van der Waals surface area contributed by atoms with E-state index in [1.54, 1.807) is 25.2 Å². The maximum Gasteiger partial charge on any atom is 0.169 e. The predicted molar refractivity (Wildman–Crippen MR) is 78.7 cm³/mol. The van der Waals surface area contributed by atoms with Crippen molar-refractivity contribution in [2.24, 2.45) is 0 Å². The minimum Gasteiger partial charge on any atom is -0.397 e. The molecule has 0 aliphatic carbocycles. The molecule has 0 aliphatic heterocycles. The van der Waals surface area contributed by atoms with Crippen LogP contribution in [0.15, 0.2) is 30.3 Å². The molecule has 0 saturated carbocycles. The van der Waals surface area contributed by atoms with Crippen LogP contribution in [0, 0.1) is 11.6 Å². The van der Waals surface area contributed by atoms with E-state index in [0.29, 0.717) is 5.56 Å². The zero-order chi connectivity index (χ0) is 14.9. The van der Waals surface area contributed by atoms with Crippen molar-refractivity contribution >= 4 is 28.7 Å². The number of hydrogen-bond donors (Lipinski definition) is 2. The topological polar surface area (TPSA) is 55.3 Å². The highest BCUT2D eigenvalue weighted by atomic mass is 35.5. The first-order chi connectivity index (χ1) is 9.41. The Morgan fingerprint density at radius 2 is 1.80 bits per heavy atom.